The molecule has 86 valence electrons. The predicted molar refractivity (Wildman–Crippen MR) is 56.6 cm³/mol. The number of alkyl halides is 2. The molecule has 1 aromatic rings. The summed E-state index contributed by atoms with van der Waals surface area (Å²) in [5, 5.41) is 5.21. The van der Waals surface area contributed by atoms with E-state index in [-0.39, 0.29) is 5.91 Å². The third kappa shape index (κ3) is 2.29. The maximum Gasteiger partial charge on any atom is 0.255 e. The number of para-hydroxylation sites is 1. The molecule has 0 radical (unpaired) electrons. The van der Waals surface area contributed by atoms with E-state index in [2.05, 4.69) is 10.6 Å². The Morgan fingerprint density at radius 1 is 1.50 bits per heavy atom. The standard InChI is InChI=1S/C11H12F2N2O/c12-10(13)6-14-11(16)9-5-7-3-1-2-4-8(7)15-9/h1-4,9-10,15H,5-6H2,(H,14,16). The van der Waals surface area contributed by atoms with Crippen LogP contribution in [0.25, 0.3) is 0 Å². The largest absolute Gasteiger partial charge is 0.373 e. The van der Waals surface area contributed by atoms with Gasteiger partial charge in [-0.2, -0.15) is 0 Å². The lowest BCUT2D eigenvalue weighted by Gasteiger charge is -2.11. The zero-order chi connectivity index (χ0) is 11.5. The highest BCUT2D eigenvalue weighted by atomic mass is 19.3. The molecule has 0 saturated carbocycles. The molecule has 1 heterocycles. The topological polar surface area (TPSA) is 41.1 Å². The van der Waals surface area contributed by atoms with Crippen molar-refractivity contribution in [1.29, 1.82) is 0 Å². The Balaban J connectivity index is 1.93. The van der Waals surface area contributed by atoms with Gasteiger partial charge in [-0.15, -0.1) is 0 Å². The van der Waals surface area contributed by atoms with Crippen molar-refractivity contribution in [1.82, 2.24) is 5.32 Å². The van der Waals surface area contributed by atoms with Gasteiger partial charge in [-0.1, -0.05) is 18.2 Å². The SMILES string of the molecule is O=C(NCC(F)F)C1Cc2ccccc2N1. The van der Waals surface area contributed by atoms with E-state index >= 15 is 0 Å². The lowest BCUT2D eigenvalue weighted by atomic mass is 10.1. The van der Waals surface area contributed by atoms with Crippen LogP contribution in [0.5, 0.6) is 0 Å². The van der Waals surface area contributed by atoms with Crippen LogP contribution in [-0.2, 0) is 11.2 Å². The number of hydrogen-bond donors (Lipinski definition) is 2. The van der Waals surface area contributed by atoms with Gasteiger partial charge >= 0.3 is 0 Å². The van der Waals surface area contributed by atoms with Crippen LogP contribution in [-0.4, -0.2) is 24.9 Å². The van der Waals surface area contributed by atoms with Crippen molar-refractivity contribution >= 4 is 11.6 Å². The van der Waals surface area contributed by atoms with E-state index in [1.165, 1.54) is 0 Å². The van der Waals surface area contributed by atoms with E-state index in [0.29, 0.717) is 6.42 Å². The van der Waals surface area contributed by atoms with Crippen LogP contribution in [0, 0.1) is 0 Å². The first-order valence-corrected chi connectivity index (χ1v) is 5.07. The van der Waals surface area contributed by atoms with Crippen molar-refractivity contribution in [3.05, 3.63) is 29.8 Å². The predicted octanol–water partition coefficient (Wildman–Crippen LogP) is 1.40. The van der Waals surface area contributed by atoms with Crippen LogP contribution in [0.15, 0.2) is 24.3 Å². The molecule has 1 atom stereocenters. The lowest BCUT2D eigenvalue weighted by molar-refractivity contribution is -0.122. The number of benzene rings is 1. The average molecular weight is 226 g/mol. The summed E-state index contributed by atoms with van der Waals surface area (Å²) < 4.78 is 23.8. The Labute approximate surface area is 91.8 Å². The number of hydrogen-bond acceptors (Lipinski definition) is 2. The molecule has 3 nitrogen and oxygen atoms in total. The molecule has 2 N–H and O–H groups in total. The van der Waals surface area contributed by atoms with Gasteiger partial charge in [0, 0.05) is 12.1 Å². The molecule has 1 amide bonds. The number of rotatable bonds is 3. The minimum absolute atomic E-state index is 0.378. The Hall–Kier alpha value is -1.65. The normalized spacial score (nSPS) is 18.1. The lowest BCUT2D eigenvalue weighted by Crippen LogP contribution is -2.40. The quantitative estimate of drug-likeness (QED) is 0.818. The van der Waals surface area contributed by atoms with Crippen molar-refractivity contribution in [3.8, 4) is 0 Å². The number of amides is 1. The monoisotopic (exact) mass is 226 g/mol. The number of halogens is 2. The van der Waals surface area contributed by atoms with Gasteiger partial charge in [-0.25, -0.2) is 8.78 Å². The van der Waals surface area contributed by atoms with Crippen molar-refractivity contribution in [2.24, 2.45) is 0 Å². The van der Waals surface area contributed by atoms with Gasteiger partial charge in [-0.05, 0) is 11.6 Å². The fourth-order valence-corrected chi connectivity index (χ4v) is 1.76. The summed E-state index contributed by atoms with van der Waals surface area (Å²) in [6, 6.07) is 7.11. The van der Waals surface area contributed by atoms with Gasteiger partial charge in [0.15, 0.2) is 0 Å². The first-order valence-electron chi connectivity index (χ1n) is 5.07. The van der Waals surface area contributed by atoms with Crippen LogP contribution in [0.2, 0.25) is 0 Å². The summed E-state index contributed by atoms with van der Waals surface area (Å²) >= 11 is 0. The van der Waals surface area contributed by atoms with Crippen LogP contribution in [0.4, 0.5) is 14.5 Å². The number of carbonyl (C=O) groups excluding carboxylic acids is 1. The summed E-state index contributed by atoms with van der Waals surface area (Å²) in [7, 11) is 0. The Bertz CT molecular complexity index is 370. The van der Waals surface area contributed by atoms with E-state index in [4.69, 9.17) is 0 Å². The maximum atomic E-state index is 11.9. The maximum absolute atomic E-state index is 11.9. The fraction of sp³-hybridized carbons (Fsp3) is 0.364. The zero-order valence-electron chi connectivity index (χ0n) is 8.54. The zero-order valence-corrected chi connectivity index (χ0v) is 8.54. The molecular weight excluding hydrogens is 214 g/mol. The smallest absolute Gasteiger partial charge is 0.255 e. The number of fused-ring (bicyclic) bond motifs is 1. The summed E-state index contributed by atoms with van der Waals surface area (Å²) in [5.74, 6) is -0.378. The minimum Gasteiger partial charge on any atom is -0.373 e. The molecule has 1 aliphatic rings. The summed E-state index contributed by atoms with van der Waals surface area (Å²) in [5.41, 5.74) is 1.94. The second kappa shape index (κ2) is 4.47. The third-order valence-electron chi connectivity index (χ3n) is 2.52. The molecule has 0 spiro atoms. The molecule has 0 aliphatic carbocycles. The van der Waals surface area contributed by atoms with Gasteiger partial charge < -0.3 is 10.6 Å². The van der Waals surface area contributed by atoms with Gasteiger partial charge in [0.05, 0.1) is 6.54 Å². The van der Waals surface area contributed by atoms with Gasteiger partial charge in [0.1, 0.15) is 6.04 Å². The van der Waals surface area contributed by atoms with E-state index < -0.39 is 19.0 Å². The van der Waals surface area contributed by atoms with Crippen molar-refractivity contribution in [2.75, 3.05) is 11.9 Å². The first-order chi connectivity index (χ1) is 7.66. The van der Waals surface area contributed by atoms with Crippen LogP contribution in [0.3, 0.4) is 0 Å². The van der Waals surface area contributed by atoms with E-state index in [1.54, 1.807) is 0 Å². The molecule has 1 unspecified atom stereocenters. The van der Waals surface area contributed by atoms with Crippen molar-refractivity contribution in [2.45, 2.75) is 18.9 Å². The van der Waals surface area contributed by atoms with E-state index in [9.17, 15) is 13.6 Å². The number of anilines is 1. The molecular formula is C11H12F2N2O. The van der Waals surface area contributed by atoms with Crippen molar-refractivity contribution in [3.63, 3.8) is 0 Å². The highest BCUT2D eigenvalue weighted by molar-refractivity contribution is 5.87. The van der Waals surface area contributed by atoms with Crippen molar-refractivity contribution < 1.29 is 13.6 Å². The van der Waals surface area contributed by atoms with Gasteiger partial charge in [0.2, 0.25) is 5.91 Å². The molecule has 1 aliphatic heterocycles. The van der Waals surface area contributed by atoms with Gasteiger partial charge in [-0.3, -0.25) is 4.79 Å². The minimum atomic E-state index is -2.51. The molecule has 0 saturated heterocycles. The molecule has 0 fully saturated rings. The Kier molecular flexibility index (Phi) is 3.03. The molecule has 16 heavy (non-hydrogen) atoms. The Morgan fingerprint density at radius 3 is 2.94 bits per heavy atom. The molecule has 0 aromatic heterocycles. The third-order valence-corrected chi connectivity index (χ3v) is 2.52. The molecule has 0 bridgehead atoms. The highest BCUT2D eigenvalue weighted by Gasteiger charge is 2.26. The Morgan fingerprint density at radius 2 is 2.25 bits per heavy atom. The first kappa shape index (κ1) is 10.9. The summed E-state index contributed by atoms with van der Waals surface area (Å²) in [6.07, 6.45) is -1.96. The second-order valence-corrected chi connectivity index (χ2v) is 3.69. The van der Waals surface area contributed by atoms with Crippen LogP contribution in [0.1, 0.15) is 5.56 Å². The molecule has 1 aromatic carbocycles. The summed E-state index contributed by atoms with van der Waals surface area (Å²) in [6.45, 7) is -0.590. The summed E-state index contributed by atoms with van der Waals surface area (Å²) in [4.78, 5) is 11.5. The highest BCUT2D eigenvalue weighted by Crippen LogP contribution is 2.24. The number of carbonyl (C=O) groups is 1. The second-order valence-electron chi connectivity index (χ2n) is 3.69. The fourth-order valence-electron chi connectivity index (χ4n) is 1.76. The van der Waals surface area contributed by atoms with E-state index in [0.717, 1.165) is 11.3 Å². The molecule has 2 rings (SSSR count). The van der Waals surface area contributed by atoms with Crippen LogP contribution >= 0.6 is 0 Å². The van der Waals surface area contributed by atoms with Crippen LogP contribution < -0.4 is 10.6 Å². The average Bonchev–Trinajstić information content (AvgIpc) is 2.69. The number of nitrogens with one attached hydrogen (secondary N) is 2. The van der Waals surface area contributed by atoms with E-state index in [1.807, 2.05) is 24.3 Å². The molecule has 5 heteroatoms. The van der Waals surface area contributed by atoms with Gasteiger partial charge in [0.25, 0.3) is 6.43 Å².